The van der Waals surface area contributed by atoms with Crippen LogP contribution in [0, 0.1) is 0 Å². The van der Waals surface area contributed by atoms with E-state index in [4.69, 9.17) is 0 Å². The molecule has 1 rings (SSSR count). The predicted molar refractivity (Wildman–Crippen MR) is 63.1 cm³/mol. The highest BCUT2D eigenvalue weighted by Crippen LogP contribution is 2.23. The van der Waals surface area contributed by atoms with Crippen LogP contribution in [0.1, 0.15) is 30.9 Å². The lowest BCUT2D eigenvalue weighted by Crippen LogP contribution is -2.41. The summed E-state index contributed by atoms with van der Waals surface area (Å²) >= 11 is 0. The minimum Gasteiger partial charge on any atom is -0.309 e. The van der Waals surface area contributed by atoms with Gasteiger partial charge in [0.2, 0.25) is 0 Å². The molecule has 0 amide bonds. The van der Waals surface area contributed by atoms with Gasteiger partial charge in [-0.25, -0.2) is 0 Å². The summed E-state index contributed by atoms with van der Waals surface area (Å²) < 4.78 is 37.7. The van der Waals surface area contributed by atoms with Crippen molar-refractivity contribution in [2.45, 2.75) is 38.4 Å². The average molecular weight is 245 g/mol. The molecule has 17 heavy (non-hydrogen) atoms. The van der Waals surface area contributed by atoms with E-state index in [1.54, 1.807) is 12.1 Å². The van der Waals surface area contributed by atoms with Crippen LogP contribution < -0.4 is 5.32 Å². The number of halogens is 3. The van der Waals surface area contributed by atoms with E-state index < -0.39 is 12.2 Å². The molecule has 1 aromatic carbocycles. The molecule has 0 bridgehead atoms. The molecule has 1 aromatic rings. The summed E-state index contributed by atoms with van der Waals surface area (Å²) in [6, 6.07) is 5.84. The molecule has 0 heterocycles. The Morgan fingerprint density at radius 3 is 2.00 bits per heavy atom. The number of hydrogen-bond donors (Lipinski definition) is 1. The molecule has 1 nitrogen and oxygen atoms in total. The standard InChI is InChI=1S/C13H18F3N/c1-9(2)11-6-4-10(5-7-11)8-12(17-3)13(14,15)16/h4-7,9,12,17H,8H2,1-3H3. The molecule has 1 unspecified atom stereocenters. The van der Waals surface area contributed by atoms with Crippen molar-refractivity contribution in [1.82, 2.24) is 5.32 Å². The summed E-state index contributed by atoms with van der Waals surface area (Å²) in [6.07, 6.45) is -4.23. The number of hydrogen-bond acceptors (Lipinski definition) is 1. The van der Waals surface area contributed by atoms with E-state index in [-0.39, 0.29) is 6.42 Å². The molecule has 1 N–H and O–H groups in total. The summed E-state index contributed by atoms with van der Waals surface area (Å²) in [5, 5.41) is 2.30. The molecule has 0 aromatic heterocycles. The van der Waals surface area contributed by atoms with E-state index in [2.05, 4.69) is 19.2 Å². The van der Waals surface area contributed by atoms with Gasteiger partial charge in [-0.15, -0.1) is 0 Å². The Morgan fingerprint density at radius 2 is 1.65 bits per heavy atom. The quantitative estimate of drug-likeness (QED) is 0.856. The van der Waals surface area contributed by atoms with E-state index in [1.165, 1.54) is 7.05 Å². The first kappa shape index (κ1) is 14.0. The topological polar surface area (TPSA) is 12.0 Å². The van der Waals surface area contributed by atoms with Crippen LogP contribution in [-0.2, 0) is 6.42 Å². The highest BCUT2D eigenvalue weighted by atomic mass is 19.4. The van der Waals surface area contributed by atoms with Gasteiger partial charge < -0.3 is 5.32 Å². The van der Waals surface area contributed by atoms with Crippen molar-refractivity contribution >= 4 is 0 Å². The lowest BCUT2D eigenvalue weighted by molar-refractivity contribution is -0.154. The molecule has 0 radical (unpaired) electrons. The van der Waals surface area contributed by atoms with Gasteiger partial charge in [-0.05, 0) is 30.5 Å². The van der Waals surface area contributed by atoms with Crippen LogP contribution in [0.4, 0.5) is 13.2 Å². The first-order valence-electron chi connectivity index (χ1n) is 5.67. The molecule has 0 aliphatic rings. The van der Waals surface area contributed by atoms with Crippen LogP contribution in [0.15, 0.2) is 24.3 Å². The fourth-order valence-corrected chi connectivity index (χ4v) is 1.66. The molecule has 0 aliphatic heterocycles. The highest BCUT2D eigenvalue weighted by molar-refractivity contribution is 5.25. The minimum atomic E-state index is -4.20. The van der Waals surface area contributed by atoms with Gasteiger partial charge in [-0.2, -0.15) is 13.2 Å². The number of likely N-dealkylation sites (N-methyl/N-ethyl adjacent to an activating group) is 1. The van der Waals surface area contributed by atoms with Crippen molar-refractivity contribution in [3.8, 4) is 0 Å². The van der Waals surface area contributed by atoms with Crippen LogP contribution in [-0.4, -0.2) is 19.3 Å². The third-order valence-corrected chi connectivity index (χ3v) is 2.83. The van der Waals surface area contributed by atoms with Crippen LogP contribution in [0.2, 0.25) is 0 Å². The Kier molecular flexibility index (Phi) is 4.57. The van der Waals surface area contributed by atoms with E-state index in [9.17, 15) is 13.2 Å². The van der Waals surface area contributed by atoms with Crippen LogP contribution >= 0.6 is 0 Å². The number of benzene rings is 1. The molecular weight excluding hydrogens is 227 g/mol. The van der Waals surface area contributed by atoms with Gasteiger partial charge in [0.05, 0.1) is 0 Å². The second-order valence-corrected chi connectivity index (χ2v) is 4.48. The molecule has 0 aliphatic carbocycles. The highest BCUT2D eigenvalue weighted by Gasteiger charge is 2.38. The zero-order valence-electron chi connectivity index (χ0n) is 10.3. The minimum absolute atomic E-state index is 0.0294. The Hall–Kier alpha value is -1.03. The zero-order chi connectivity index (χ0) is 13.1. The van der Waals surface area contributed by atoms with Crippen molar-refractivity contribution in [3.05, 3.63) is 35.4 Å². The molecule has 0 saturated carbocycles. The monoisotopic (exact) mass is 245 g/mol. The maximum absolute atomic E-state index is 12.6. The number of alkyl halides is 3. The number of rotatable bonds is 4. The molecule has 0 spiro atoms. The van der Waals surface area contributed by atoms with Gasteiger partial charge in [0.1, 0.15) is 6.04 Å². The summed E-state index contributed by atoms with van der Waals surface area (Å²) in [5.41, 5.74) is 1.84. The first-order chi connectivity index (χ1) is 7.84. The Morgan fingerprint density at radius 1 is 1.12 bits per heavy atom. The van der Waals surface area contributed by atoms with Crippen LogP contribution in [0.3, 0.4) is 0 Å². The van der Waals surface area contributed by atoms with Crippen molar-refractivity contribution in [1.29, 1.82) is 0 Å². The van der Waals surface area contributed by atoms with Gasteiger partial charge in [0, 0.05) is 0 Å². The lowest BCUT2D eigenvalue weighted by atomic mass is 9.99. The van der Waals surface area contributed by atoms with E-state index in [1.807, 2.05) is 12.1 Å². The van der Waals surface area contributed by atoms with Crippen molar-refractivity contribution < 1.29 is 13.2 Å². The second-order valence-electron chi connectivity index (χ2n) is 4.48. The SMILES string of the molecule is CNC(Cc1ccc(C(C)C)cc1)C(F)(F)F. The van der Waals surface area contributed by atoms with Gasteiger partial charge in [-0.1, -0.05) is 38.1 Å². The Labute approximate surface area is 100 Å². The summed E-state index contributed by atoms with van der Waals surface area (Å²) in [6.45, 7) is 4.11. The van der Waals surface area contributed by atoms with E-state index in [0.717, 1.165) is 5.56 Å². The second kappa shape index (κ2) is 5.54. The third kappa shape index (κ3) is 4.04. The summed E-state index contributed by atoms with van der Waals surface area (Å²) in [7, 11) is 1.33. The first-order valence-corrected chi connectivity index (χ1v) is 5.67. The summed E-state index contributed by atoms with van der Waals surface area (Å²) in [4.78, 5) is 0. The van der Waals surface area contributed by atoms with Crippen LogP contribution in [0.25, 0.3) is 0 Å². The fraction of sp³-hybridized carbons (Fsp3) is 0.538. The Bertz CT molecular complexity index is 341. The molecule has 4 heteroatoms. The normalized spacial score (nSPS) is 14.1. The third-order valence-electron chi connectivity index (χ3n) is 2.83. The van der Waals surface area contributed by atoms with Crippen molar-refractivity contribution in [3.63, 3.8) is 0 Å². The van der Waals surface area contributed by atoms with Crippen molar-refractivity contribution in [2.24, 2.45) is 0 Å². The molecule has 1 atom stereocenters. The fourth-order valence-electron chi connectivity index (χ4n) is 1.66. The van der Waals surface area contributed by atoms with E-state index >= 15 is 0 Å². The molecule has 96 valence electrons. The summed E-state index contributed by atoms with van der Waals surface area (Å²) in [5.74, 6) is 0.395. The van der Waals surface area contributed by atoms with Gasteiger partial charge in [0.25, 0.3) is 0 Å². The lowest BCUT2D eigenvalue weighted by Gasteiger charge is -2.19. The number of nitrogens with one attached hydrogen (secondary N) is 1. The van der Waals surface area contributed by atoms with Crippen LogP contribution in [0.5, 0.6) is 0 Å². The maximum Gasteiger partial charge on any atom is 0.404 e. The van der Waals surface area contributed by atoms with Gasteiger partial charge in [-0.3, -0.25) is 0 Å². The van der Waals surface area contributed by atoms with Gasteiger partial charge in [0.15, 0.2) is 0 Å². The largest absolute Gasteiger partial charge is 0.404 e. The Balaban J connectivity index is 2.74. The van der Waals surface area contributed by atoms with E-state index in [0.29, 0.717) is 11.5 Å². The molecule has 0 fully saturated rings. The molecule has 0 saturated heterocycles. The van der Waals surface area contributed by atoms with Crippen molar-refractivity contribution in [2.75, 3.05) is 7.05 Å². The predicted octanol–water partition coefficient (Wildman–Crippen LogP) is 3.50. The average Bonchev–Trinajstić information content (AvgIpc) is 2.24. The zero-order valence-corrected chi connectivity index (χ0v) is 10.3. The maximum atomic E-state index is 12.6. The smallest absolute Gasteiger partial charge is 0.309 e. The molecular formula is C13H18F3N. The van der Waals surface area contributed by atoms with Gasteiger partial charge >= 0.3 is 6.18 Å².